The maximum Gasteiger partial charge on any atom is 0.260 e. The van der Waals surface area contributed by atoms with Gasteiger partial charge in [0.05, 0.1) is 5.56 Å². The van der Waals surface area contributed by atoms with Gasteiger partial charge in [-0.15, -0.1) is 11.3 Å². The van der Waals surface area contributed by atoms with Crippen LogP contribution in [0.15, 0.2) is 40.9 Å². The molecule has 1 aromatic carbocycles. The summed E-state index contributed by atoms with van der Waals surface area (Å²) in [6.07, 6.45) is 2.63. The van der Waals surface area contributed by atoms with E-state index >= 15 is 0 Å². The number of aromatic nitrogens is 1. The maximum atomic E-state index is 12.2. The zero-order chi connectivity index (χ0) is 16.4. The zero-order valence-electron chi connectivity index (χ0n) is 13.3. The quantitative estimate of drug-likeness (QED) is 0.768. The molecular weight excluding hydrogens is 308 g/mol. The van der Waals surface area contributed by atoms with Crippen molar-refractivity contribution in [1.82, 2.24) is 4.98 Å². The lowest BCUT2D eigenvalue weighted by Gasteiger charge is -2.00. The molecule has 3 rings (SSSR count). The SMILES string of the molecule is Cc1ccc(Cc2cnc(NC(=O)c3cc(C)oc3C)s2)cc1. The molecule has 0 fully saturated rings. The Morgan fingerprint density at radius 2 is 1.96 bits per heavy atom. The Bertz CT molecular complexity index is 831. The van der Waals surface area contributed by atoms with E-state index in [1.54, 1.807) is 13.0 Å². The Balaban J connectivity index is 1.68. The lowest BCUT2D eigenvalue weighted by molar-refractivity contribution is 0.102. The summed E-state index contributed by atoms with van der Waals surface area (Å²) >= 11 is 1.49. The fourth-order valence-electron chi connectivity index (χ4n) is 2.37. The van der Waals surface area contributed by atoms with Gasteiger partial charge in [0.25, 0.3) is 5.91 Å². The molecular formula is C18H18N2O2S. The number of hydrogen-bond donors (Lipinski definition) is 1. The molecule has 0 unspecified atom stereocenters. The predicted molar refractivity (Wildman–Crippen MR) is 92.2 cm³/mol. The third-order valence-electron chi connectivity index (χ3n) is 3.56. The Labute approximate surface area is 139 Å². The molecule has 5 heteroatoms. The fourth-order valence-corrected chi connectivity index (χ4v) is 3.22. The first kappa shape index (κ1) is 15.5. The highest BCUT2D eigenvalue weighted by Gasteiger charge is 2.15. The average molecular weight is 326 g/mol. The van der Waals surface area contributed by atoms with Crippen molar-refractivity contribution in [3.8, 4) is 0 Å². The molecule has 4 nitrogen and oxygen atoms in total. The third kappa shape index (κ3) is 3.68. The number of thiazole rings is 1. The lowest BCUT2D eigenvalue weighted by atomic mass is 10.1. The van der Waals surface area contributed by atoms with Crippen LogP contribution < -0.4 is 5.32 Å². The summed E-state index contributed by atoms with van der Waals surface area (Å²) < 4.78 is 5.39. The first-order chi connectivity index (χ1) is 11.0. The number of aryl methyl sites for hydroxylation is 3. The minimum atomic E-state index is -0.185. The van der Waals surface area contributed by atoms with Crippen LogP contribution in [0.2, 0.25) is 0 Å². The smallest absolute Gasteiger partial charge is 0.260 e. The van der Waals surface area contributed by atoms with Crippen molar-refractivity contribution in [2.75, 3.05) is 5.32 Å². The largest absolute Gasteiger partial charge is 0.466 e. The van der Waals surface area contributed by atoms with Gasteiger partial charge in [-0.1, -0.05) is 29.8 Å². The van der Waals surface area contributed by atoms with Gasteiger partial charge in [-0.3, -0.25) is 10.1 Å². The second-order valence-electron chi connectivity index (χ2n) is 5.58. The predicted octanol–water partition coefficient (Wildman–Crippen LogP) is 4.50. The molecule has 0 atom stereocenters. The van der Waals surface area contributed by atoms with Crippen molar-refractivity contribution in [3.05, 3.63) is 69.6 Å². The van der Waals surface area contributed by atoms with Crippen molar-refractivity contribution in [1.29, 1.82) is 0 Å². The summed E-state index contributed by atoms with van der Waals surface area (Å²) in [6, 6.07) is 10.2. The molecule has 2 aromatic heterocycles. The Morgan fingerprint density at radius 3 is 2.61 bits per heavy atom. The van der Waals surface area contributed by atoms with Gasteiger partial charge >= 0.3 is 0 Å². The standard InChI is InChI=1S/C18H18N2O2S/c1-11-4-6-14(7-5-11)9-15-10-19-18(23-15)20-17(21)16-8-12(2)22-13(16)3/h4-8,10H,9H2,1-3H3,(H,19,20,21). The monoisotopic (exact) mass is 326 g/mol. The van der Waals surface area contributed by atoms with Gasteiger partial charge in [-0.05, 0) is 32.4 Å². The molecule has 2 heterocycles. The minimum absolute atomic E-state index is 0.185. The number of rotatable bonds is 4. The van der Waals surface area contributed by atoms with E-state index in [4.69, 9.17) is 4.42 Å². The van der Waals surface area contributed by atoms with Crippen LogP contribution in [0, 0.1) is 20.8 Å². The van der Waals surface area contributed by atoms with Crippen molar-refractivity contribution < 1.29 is 9.21 Å². The summed E-state index contributed by atoms with van der Waals surface area (Å²) in [7, 11) is 0. The molecule has 1 amide bonds. The second kappa shape index (κ2) is 6.38. The third-order valence-corrected chi connectivity index (χ3v) is 4.47. The van der Waals surface area contributed by atoms with Crippen LogP contribution in [0.5, 0.6) is 0 Å². The lowest BCUT2D eigenvalue weighted by Crippen LogP contribution is -2.11. The van der Waals surface area contributed by atoms with E-state index in [2.05, 4.69) is 41.5 Å². The topological polar surface area (TPSA) is 55.1 Å². The summed E-state index contributed by atoms with van der Waals surface area (Å²) in [5.41, 5.74) is 3.04. The number of nitrogens with zero attached hydrogens (tertiary/aromatic N) is 1. The fraction of sp³-hybridized carbons (Fsp3) is 0.222. The van der Waals surface area contributed by atoms with Gasteiger partial charge in [-0.2, -0.15) is 0 Å². The molecule has 0 aliphatic rings. The normalized spacial score (nSPS) is 10.7. The molecule has 0 radical (unpaired) electrons. The van der Waals surface area contributed by atoms with E-state index in [0.29, 0.717) is 16.5 Å². The highest BCUT2D eigenvalue weighted by atomic mass is 32.1. The number of nitrogens with one attached hydrogen (secondary N) is 1. The Kier molecular flexibility index (Phi) is 4.30. The first-order valence-corrected chi connectivity index (χ1v) is 8.21. The second-order valence-corrected chi connectivity index (χ2v) is 6.69. The summed E-state index contributed by atoms with van der Waals surface area (Å²) in [5.74, 6) is 1.17. The van der Waals surface area contributed by atoms with Gasteiger partial charge in [-0.25, -0.2) is 4.98 Å². The molecule has 3 aromatic rings. The van der Waals surface area contributed by atoms with E-state index in [0.717, 1.165) is 17.1 Å². The average Bonchev–Trinajstić information content (AvgIpc) is 3.07. The number of anilines is 1. The van der Waals surface area contributed by atoms with E-state index in [1.807, 2.05) is 13.1 Å². The zero-order valence-corrected chi connectivity index (χ0v) is 14.2. The van der Waals surface area contributed by atoms with Crippen LogP contribution in [0.4, 0.5) is 5.13 Å². The molecule has 1 N–H and O–H groups in total. The molecule has 0 aliphatic carbocycles. The Hall–Kier alpha value is -2.40. The van der Waals surface area contributed by atoms with Crippen LogP contribution in [0.3, 0.4) is 0 Å². The number of benzene rings is 1. The highest BCUT2D eigenvalue weighted by Crippen LogP contribution is 2.23. The van der Waals surface area contributed by atoms with Gasteiger partial charge in [0, 0.05) is 17.5 Å². The minimum Gasteiger partial charge on any atom is -0.466 e. The van der Waals surface area contributed by atoms with Gasteiger partial charge in [0.15, 0.2) is 5.13 Å². The molecule has 23 heavy (non-hydrogen) atoms. The van der Waals surface area contributed by atoms with Crippen molar-refractivity contribution in [2.24, 2.45) is 0 Å². The molecule has 0 saturated heterocycles. The van der Waals surface area contributed by atoms with Gasteiger partial charge in [0.1, 0.15) is 11.5 Å². The highest BCUT2D eigenvalue weighted by molar-refractivity contribution is 7.15. The van der Waals surface area contributed by atoms with Crippen molar-refractivity contribution in [3.63, 3.8) is 0 Å². The number of furan rings is 1. The maximum absolute atomic E-state index is 12.2. The molecule has 0 spiro atoms. The van der Waals surface area contributed by atoms with Crippen molar-refractivity contribution >= 4 is 22.4 Å². The summed E-state index contributed by atoms with van der Waals surface area (Å²) in [5, 5.41) is 3.44. The molecule has 0 bridgehead atoms. The number of amides is 1. The van der Waals surface area contributed by atoms with E-state index < -0.39 is 0 Å². The molecule has 0 saturated carbocycles. The first-order valence-electron chi connectivity index (χ1n) is 7.40. The van der Waals surface area contributed by atoms with Gasteiger partial charge in [0.2, 0.25) is 0 Å². The number of carbonyl (C=O) groups is 1. The van der Waals surface area contributed by atoms with E-state index in [1.165, 1.54) is 22.5 Å². The van der Waals surface area contributed by atoms with Crippen LogP contribution in [-0.4, -0.2) is 10.9 Å². The van der Waals surface area contributed by atoms with Crippen LogP contribution >= 0.6 is 11.3 Å². The Morgan fingerprint density at radius 1 is 1.22 bits per heavy atom. The number of carbonyl (C=O) groups excluding carboxylic acids is 1. The summed E-state index contributed by atoms with van der Waals surface area (Å²) in [4.78, 5) is 17.7. The van der Waals surface area contributed by atoms with Crippen LogP contribution in [0.1, 0.15) is 37.9 Å². The van der Waals surface area contributed by atoms with Gasteiger partial charge < -0.3 is 4.42 Å². The number of hydrogen-bond acceptors (Lipinski definition) is 4. The van der Waals surface area contributed by atoms with E-state index in [9.17, 15) is 4.79 Å². The molecule has 0 aliphatic heterocycles. The van der Waals surface area contributed by atoms with Crippen molar-refractivity contribution in [2.45, 2.75) is 27.2 Å². The van der Waals surface area contributed by atoms with Crippen LogP contribution in [-0.2, 0) is 6.42 Å². The van der Waals surface area contributed by atoms with Crippen LogP contribution in [0.25, 0.3) is 0 Å². The molecule has 118 valence electrons. The van der Waals surface area contributed by atoms with E-state index in [-0.39, 0.29) is 5.91 Å². The summed E-state index contributed by atoms with van der Waals surface area (Å²) in [6.45, 7) is 5.68.